The van der Waals surface area contributed by atoms with Crippen molar-refractivity contribution in [3.63, 3.8) is 0 Å². The fourth-order valence-corrected chi connectivity index (χ4v) is 1.97. The summed E-state index contributed by atoms with van der Waals surface area (Å²) in [5.41, 5.74) is 0.566. The number of nitrogens with zero attached hydrogens (tertiary/aromatic N) is 1. The number of hydrogen-bond donors (Lipinski definition) is 1. The van der Waals surface area contributed by atoms with Crippen molar-refractivity contribution in [3.8, 4) is 5.75 Å². The van der Waals surface area contributed by atoms with Gasteiger partial charge in [0.15, 0.2) is 0 Å². The van der Waals surface area contributed by atoms with Crippen LogP contribution in [0.5, 0.6) is 5.75 Å². The van der Waals surface area contributed by atoms with E-state index in [1.165, 1.54) is 0 Å². The Hall–Kier alpha value is -1.71. The SMILES string of the molecule is CC(C)(C)OC(=O)N1CCC1c1ccc(O)cc1. The van der Waals surface area contributed by atoms with Gasteiger partial charge in [0.25, 0.3) is 0 Å². The molecule has 0 saturated carbocycles. The van der Waals surface area contributed by atoms with E-state index in [4.69, 9.17) is 4.74 Å². The van der Waals surface area contributed by atoms with Crippen LogP contribution in [0.1, 0.15) is 38.8 Å². The van der Waals surface area contributed by atoms with Crippen LogP contribution in [0.4, 0.5) is 4.79 Å². The first kappa shape index (κ1) is 12.7. The highest BCUT2D eigenvalue weighted by atomic mass is 16.6. The molecule has 4 nitrogen and oxygen atoms in total. The Bertz CT molecular complexity index is 433. The van der Waals surface area contributed by atoms with Gasteiger partial charge in [-0.1, -0.05) is 12.1 Å². The van der Waals surface area contributed by atoms with Gasteiger partial charge in [-0.15, -0.1) is 0 Å². The molecule has 1 heterocycles. The molecule has 1 aromatic carbocycles. The Kier molecular flexibility index (Phi) is 3.20. The van der Waals surface area contributed by atoms with Crippen LogP contribution in [-0.4, -0.2) is 28.2 Å². The van der Waals surface area contributed by atoms with E-state index in [0.717, 1.165) is 18.5 Å². The maximum atomic E-state index is 11.9. The van der Waals surface area contributed by atoms with Crippen LogP contribution < -0.4 is 0 Å². The van der Waals surface area contributed by atoms with Gasteiger partial charge >= 0.3 is 6.09 Å². The predicted octanol–water partition coefficient (Wildman–Crippen LogP) is 3.07. The summed E-state index contributed by atoms with van der Waals surface area (Å²) in [7, 11) is 0. The summed E-state index contributed by atoms with van der Waals surface area (Å²) in [5, 5.41) is 9.25. The smallest absolute Gasteiger partial charge is 0.410 e. The van der Waals surface area contributed by atoms with Crippen molar-refractivity contribution in [3.05, 3.63) is 29.8 Å². The molecule has 18 heavy (non-hydrogen) atoms. The monoisotopic (exact) mass is 249 g/mol. The first-order valence-corrected chi connectivity index (χ1v) is 6.15. The Morgan fingerprint density at radius 3 is 2.39 bits per heavy atom. The van der Waals surface area contributed by atoms with Crippen molar-refractivity contribution in [2.24, 2.45) is 0 Å². The van der Waals surface area contributed by atoms with Crippen molar-refractivity contribution in [2.45, 2.75) is 38.8 Å². The molecule has 0 radical (unpaired) electrons. The Labute approximate surface area is 107 Å². The number of carbonyl (C=O) groups is 1. The number of ether oxygens (including phenoxy) is 1. The van der Waals surface area contributed by atoms with Gasteiger partial charge in [0, 0.05) is 6.54 Å². The van der Waals surface area contributed by atoms with Crippen molar-refractivity contribution < 1.29 is 14.6 Å². The van der Waals surface area contributed by atoms with Crippen LogP contribution in [0, 0.1) is 0 Å². The van der Waals surface area contributed by atoms with Crippen LogP contribution in [0.15, 0.2) is 24.3 Å². The summed E-state index contributed by atoms with van der Waals surface area (Å²) in [6, 6.07) is 7.04. The highest BCUT2D eigenvalue weighted by molar-refractivity contribution is 5.70. The first-order valence-electron chi connectivity index (χ1n) is 6.15. The number of carbonyl (C=O) groups excluding carboxylic acids is 1. The molecule has 1 unspecified atom stereocenters. The number of rotatable bonds is 1. The summed E-state index contributed by atoms with van der Waals surface area (Å²) < 4.78 is 5.35. The number of benzene rings is 1. The maximum absolute atomic E-state index is 11.9. The molecular formula is C14H19NO3. The van der Waals surface area contributed by atoms with Crippen molar-refractivity contribution in [2.75, 3.05) is 6.54 Å². The fraction of sp³-hybridized carbons (Fsp3) is 0.500. The molecule has 1 aliphatic heterocycles. The van der Waals surface area contributed by atoms with Crippen LogP contribution >= 0.6 is 0 Å². The third-order valence-electron chi connectivity index (χ3n) is 2.93. The van der Waals surface area contributed by atoms with E-state index in [1.807, 2.05) is 32.9 Å². The van der Waals surface area contributed by atoms with Crippen LogP contribution in [0.3, 0.4) is 0 Å². The zero-order valence-corrected chi connectivity index (χ0v) is 11.0. The van der Waals surface area contributed by atoms with E-state index in [2.05, 4.69) is 0 Å². The van der Waals surface area contributed by atoms with E-state index in [1.54, 1.807) is 17.0 Å². The molecule has 1 amide bonds. The highest BCUT2D eigenvalue weighted by Crippen LogP contribution is 2.34. The minimum atomic E-state index is -0.466. The predicted molar refractivity (Wildman–Crippen MR) is 68.4 cm³/mol. The number of hydrogen-bond acceptors (Lipinski definition) is 3. The number of likely N-dealkylation sites (tertiary alicyclic amines) is 1. The lowest BCUT2D eigenvalue weighted by Crippen LogP contribution is -2.47. The molecule has 1 atom stereocenters. The van der Waals surface area contributed by atoms with Gasteiger partial charge in [0.1, 0.15) is 11.4 Å². The summed E-state index contributed by atoms with van der Waals surface area (Å²) in [6.07, 6.45) is 0.663. The second-order valence-electron chi connectivity index (χ2n) is 5.57. The summed E-state index contributed by atoms with van der Waals surface area (Å²) >= 11 is 0. The van der Waals surface area contributed by atoms with E-state index < -0.39 is 5.60 Å². The Balaban J connectivity index is 2.04. The number of amides is 1. The van der Waals surface area contributed by atoms with E-state index in [-0.39, 0.29) is 17.9 Å². The minimum Gasteiger partial charge on any atom is -0.508 e. The molecule has 1 N–H and O–H groups in total. The number of phenolic OH excluding ortho intramolecular Hbond substituents is 1. The molecule has 1 saturated heterocycles. The van der Waals surface area contributed by atoms with E-state index >= 15 is 0 Å². The van der Waals surface area contributed by atoms with Crippen molar-refractivity contribution in [1.29, 1.82) is 0 Å². The largest absolute Gasteiger partial charge is 0.508 e. The van der Waals surface area contributed by atoms with E-state index in [9.17, 15) is 9.90 Å². The van der Waals surface area contributed by atoms with Crippen molar-refractivity contribution in [1.82, 2.24) is 4.90 Å². The summed E-state index contributed by atoms with van der Waals surface area (Å²) in [5.74, 6) is 0.238. The molecular weight excluding hydrogens is 230 g/mol. The number of aromatic hydroxyl groups is 1. The van der Waals surface area contributed by atoms with Gasteiger partial charge in [0.2, 0.25) is 0 Å². The van der Waals surface area contributed by atoms with Crippen LogP contribution in [0.25, 0.3) is 0 Å². The fourth-order valence-electron chi connectivity index (χ4n) is 1.97. The second-order valence-corrected chi connectivity index (χ2v) is 5.57. The van der Waals surface area contributed by atoms with Crippen molar-refractivity contribution >= 4 is 6.09 Å². The molecule has 1 aromatic rings. The molecule has 0 aliphatic carbocycles. The van der Waals surface area contributed by atoms with Gasteiger partial charge in [0.05, 0.1) is 6.04 Å². The molecule has 0 aromatic heterocycles. The summed E-state index contributed by atoms with van der Waals surface area (Å²) in [6.45, 7) is 6.31. The quantitative estimate of drug-likeness (QED) is 0.832. The van der Waals surface area contributed by atoms with Gasteiger partial charge in [-0.25, -0.2) is 4.79 Å². The molecule has 2 rings (SSSR count). The van der Waals surface area contributed by atoms with Gasteiger partial charge in [-0.3, -0.25) is 0 Å². The van der Waals surface area contributed by atoms with Crippen LogP contribution in [-0.2, 0) is 4.74 Å². The van der Waals surface area contributed by atoms with Gasteiger partial charge < -0.3 is 14.7 Å². The zero-order chi connectivity index (χ0) is 13.3. The third-order valence-corrected chi connectivity index (χ3v) is 2.93. The average molecular weight is 249 g/mol. The molecule has 0 bridgehead atoms. The first-order chi connectivity index (χ1) is 8.37. The van der Waals surface area contributed by atoms with Gasteiger partial charge in [-0.2, -0.15) is 0 Å². The normalized spacial score (nSPS) is 19.3. The molecule has 1 fully saturated rings. The number of phenols is 1. The second kappa shape index (κ2) is 4.52. The standard InChI is InChI=1S/C14H19NO3/c1-14(2,3)18-13(17)15-9-8-12(15)10-4-6-11(16)7-5-10/h4-7,12,16H,8-9H2,1-3H3. The lowest BCUT2D eigenvalue weighted by molar-refractivity contribution is -0.00574. The molecule has 98 valence electrons. The lowest BCUT2D eigenvalue weighted by atomic mass is 9.95. The Morgan fingerprint density at radius 2 is 1.94 bits per heavy atom. The van der Waals surface area contributed by atoms with Crippen LogP contribution in [0.2, 0.25) is 0 Å². The third kappa shape index (κ3) is 2.75. The molecule has 0 spiro atoms. The Morgan fingerprint density at radius 1 is 1.33 bits per heavy atom. The molecule has 1 aliphatic rings. The maximum Gasteiger partial charge on any atom is 0.410 e. The topological polar surface area (TPSA) is 49.8 Å². The van der Waals surface area contributed by atoms with Gasteiger partial charge in [-0.05, 0) is 44.9 Å². The molecule has 4 heteroatoms. The minimum absolute atomic E-state index is 0.0699. The zero-order valence-electron chi connectivity index (χ0n) is 11.0. The summed E-state index contributed by atoms with van der Waals surface area (Å²) in [4.78, 5) is 13.7. The average Bonchev–Trinajstić information content (AvgIpc) is 2.16. The highest BCUT2D eigenvalue weighted by Gasteiger charge is 2.36. The van der Waals surface area contributed by atoms with E-state index in [0.29, 0.717) is 0 Å². The lowest BCUT2D eigenvalue weighted by Gasteiger charge is -2.41.